The molecule has 1 saturated carbocycles. The number of para-hydroxylation sites is 2. The minimum absolute atomic E-state index is 0.0378. The zero-order valence-electron chi connectivity index (χ0n) is 15.9. The number of nitro benzene ring substituents is 1. The average Bonchev–Trinajstić information content (AvgIpc) is 3.46. The van der Waals surface area contributed by atoms with Crippen molar-refractivity contribution >= 4 is 17.3 Å². The second-order valence-electron chi connectivity index (χ2n) is 7.97. The molecular formula is C20H29N3O3. The number of hydrogen-bond acceptors (Lipinski definition) is 4. The summed E-state index contributed by atoms with van der Waals surface area (Å²) in [5.74, 6) is 0.776. The quantitative estimate of drug-likeness (QED) is 0.572. The molecule has 0 N–H and O–H groups in total. The monoisotopic (exact) mass is 359 g/mol. The van der Waals surface area contributed by atoms with Crippen LogP contribution in [0.2, 0.25) is 0 Å². The van der Waals surface area contributed by atoms with Gasteiger partial charge in [0.2, 0.25) is 5.91 Å². The van der Waals surface area contributed by atoms with Gasteiger partial charge in [0.25, 0.3) is 5.69 Å². The van der Waals surface area contributed by atoms with Gasteiger partial charge in [-0.2, -0.15) is 0 Å². The molecule has 1 saturated heterocycles. The number of piperidine rings is 1. The first-order valence-electron chi connectivity index (χ1n) is 9.70. The Labute approximate surface area is 155 Å². The molecule has 1 aliphatic heterocycles. The molecule has 0 radical (unpaired) electrons. The van der Waals surface area contributed by atoms with Crippen LogP contribution in [0.15, 0.2) is 24.3 Å². The predicted octanol–water partition coefficient (Wildman–Crippen LogP) is 3.85. The third kappa shape index (κ3) is 3.84. The number of benzene rings is 1. The van der Waals surface area contributed by atoms with E-state index < -0.39 is 0 Å². The van der Waals surface area contributed by atoms with Crippen molar-refractivity contribution in [3.8, 4) is 0 Å². The predicted molar refractivity (Wildman–Crippen MR) is 102 cm³/mol. The van der Waals surface area contributed by atoms with E-state index in [0.29, 0.717) is 30.7 Å². The van der Waals surface area contributed by atoms with Crippen LogP contribution in [0.3, 0.4) is 0 Å². The van der Waals surface area contributed by atoms with Gasteiger partial charge in [-0.3, -0.25) is 14.9 Å². The van der Waals surface area contributed by atoms with Crippen LogP contribution in [0.25, 0.3) is 0 Å². The highest BCUT2D eigenvalue weighted by Crippen LogP contribution is 2.35. The van der Waals surface area contributed by atoms with Crippen LogP contribution in [-0.4, -0.2) is 40.9 Å². The van der Waals surface area contributed by atoms with Gasteiger partial charge in [-0.1, -0.05) is 26.0 Å². The lowest BCUT2D eigenvalue weighted by atomic mass is 9.93. The number of nitrogens with zero attached hydrogens (tertiary/aromatic N) is 3. The van der Waals surface area contributed by atoms with Crippen LogP contribution in [0, 0.1) is 22.0 Å². The molecule has 1 aromatic rings. The Bertz CT molecular complexity index is 664. The molecular weight excluding hydrogens is 330 g/mol. The Morgan fingerprint density at radius 3 is 2.31 bits per heavy atom. The maximum absolute atomic E-state index is 13.1. The van der Waals surface area contributed by atoms with Crippen molar-refractivity contribution in [2.24, 2.45) is 11.8 Å². The van der Waals surface area contributed by atoms with Gasteiger partial charge in [0.15, 0.2) is 0 Å². The van der Waals surface area contributed by atoms with Crippen molar-refractivity contribution in [3.63, 3.8) is 0 Å². The highest BCUT2D eigenvalue weighted by atomic mass is 16.6. The molecule has 142 valence electrons. The molecule has 2 aliphatic rings. The Balaban J connectivity index is 1.66. The van der Waals surface area contributed by atoms with Crippen molar-refractivity contribution in [2.45, 2.75) is 58.5 Å². The number of rotatable bonds is 6. The minimum atomic E-state index is -0.328. The zero-order chi connectivity index (χ0) is 18.8. The van der Waals surface area contributed by atoms with Gasteiger partial charge in [0.1, 0.15) is 5.69 Å². The third-order valence-electron chi connectivity index (χ3n) is 5.86. The fourth-order valence-corrected chi connectivity index (χ4v) is 3.85. The van der Waals surface area contributed by atoms with E-state index >= 15 is 0 Å². The van der Waals surface area contributed by atoms with Crippen LogP contribution in [0.4, 0.5) is 11.4 Å². The van der Waals surface area contributed by atoms with Gasteiger partial charge < -0.3 is 9.80 Å². The highest BCUT2D eigenvalue weighted by molar-refractivity contribution is 5.80. The fourth-order valence-electron chi connectivity index (χ4n) is 3.85. The molecule has 6 nitrogen and oxygen atoms in total. The molecule has 1 heterocycles. The number of carbonyl (C=O) groups excluding carboxylic acids is 1. The molecule has 0 aromatic heterocycles. The third-order valence-corrected chi connectivity index (χ3v) is 5.86. The molecule has 0 spiro atoms. The van der Waals surface area contributed by atoms with Gasteiger partial charge >= 0.3 is 0 Å². The lowest BCUT2D eigenvalue weighted by Crippen LogP contribution is -2.48. The largest absolute Gasteiger partial charge is 0.366 e. The van der Waals surface area contributed by atoms with E-state index in [2.05, 4.69) is 30.6 Å². The minimum Gasteiger partial charge on any atom is -0.366 e. The van der Waals surface area contributed by atoms with Crippen LogP contribution >= 0.6 is 0 Å². The molecule has 26 heavy (non-hydrogen) atoms. The Morgan fingerprint density at radius 1 is 1.15 bits per heavy atom. The summed E-state index contributed by atoms with van der Waals surface area (Å²) in [5, 5.41) is 11.3. The molecule has 1 aromatic carbocycles. The van der Waals surface area contributed by atoms with E-state index in [0.717, 1.165) is 25.7 Å². The number of carbonyl (C=O) groups is 1. The van der Waals surface area contributed by atoms with Gasteiger partial charge in [-0.25, -0.2) is 0 Å². The maximum atomic E-state index is 13.1. The highest BCUT2D eigenvalue weighted by Gasteiger charge is 2.40. The lowest BCUT2D eigenvalue weighted by molar-refractivity contribution is -0.384. The summed E-state index contributed by atoms with van der Waals surface area (Å²) >= 11 is 0. The van der Waals surface area contributed by atoms with E-state index in [4.69, 9.17) is 0 Å². The van der Waals surface area contributed by atoms with Gasteiger partial charge in [0, 0.05) is 37.2 Å². The van der Waals surface area contributed by atoms with E-state index in [9.17, 15) is 14.9 Å². The molecule has 3 rings (SSSR count). The number of anilines is 1. The van der Waals surface area contributed by atoms with E-state index in [1.165, 1.54) is 0 Å². The summed E-state index contributed by atoms with van der Waals surface area (Å²) in [6, 6.07) is 7.57. The normalized spacial score (nSPS) is 19.5. The van der Waals surface area contributed by atoms with Crippen LogP contribution in [-0.2, 0) is 4.79 Å². The van der Waals surface area contributed by atoms with Crippen LogP contribution in [0.1, 0.15) is 46.5 Å². The standard InChI is InChI=1S/C20H29N3O3/c1-14(2)15(3)22(17-8-9-17)20(24)16-10-12-21(13-11-16)18-6-4-5-7-19(18)23(25)26/h4-7,14-17H,8-13H2,1-3H3. The van der Waals surface area contributed by atoms with Crippen molar-refractivity contribution in [2.75, 3.05) is 18.0 Å². The Kier molecular flexibility index (Phi) is 5.49. The molecule has 1 aliphatic carbocycles. The van der Waals surface area contributed by atoms with E-state index in [1.54, 1.807) is 18.2 Å². The summed E-state index contributed by atoms with van der Waals surface area (Å²) in [6.07, 6.45) is 3.77. The van der Waals surface area contributed by atoms with Crippen molar-refractivity contribution in [1.82, 2.24) is 4.90 Å². The number of hydrogen-bond donors (Lipinski definition) is 0. The zero-order valence-corrected chi connectivity index (χ0v) is 15.9. The van der Waals surface area contributed by atoms with Crippen molar-refractivity contribution in [1.29, 1.82) is 0 Å². The van der Waals surface area contributed by atoms with Crippen molar-refractivity contribution < 1.29 is 9.72 Å². The molecule has 6 heteroatoms. The van der Waals surface area contributed by atoms with E-state index in [1.807, 2.05) is 6.07 Å². The molecule has 1 amide bonds. The fraction of sp³-hybridized carbons (Fsp3) is 0.650. The molecule has 0 bridgehead atoms. The topological polar surface area (TPSA) is 66.7 Å². The number of amides is 1. The Hall–Kier alpha value is -2.11. The molecule has 1 unspecified atom stereocenters. The number of nitro groups is 1. The van der Waals surface area contributed by atoms with E-state index in [-0.39, 0.29) is 28.5 Å². The summed E-state index contributed by atoms with van der Waals surface area (Å²) in [7, 11) is 0. The second-order valence-corrected chi connectivity index (χ2v) is 7.97. The Morgan fingerprint density at radius 2 is 1.77 bits per heavy atom. The smallest absolute Gasteiger partial charge is 0.292 e. The van der Waals surface area contributed by atoms with Gasteiger partial charge in [-0.15, -0.1) is 0 Å². The SMILES string of the molecule is CC(C)C(C)N(C(=O)C1CCN(c2ccccc2[N+](=O)[O-])CC1)C1CC1. The maximum Gasteiger partial charge on any atom is 0.292 e. The first kappa shape index (κ1) is 18.7. The molecule has 2 fully saturated rings. The van der Waals surface area contributed by atoms with Crippen LogP contribution < -0.4 is 4.90 Å². The lowest BCUT2D eigenvalue weighted by Gasteiger charge is -2.38. The summed E-state index contributed by atoms with van der Waals surface area (Å²) in [4.78, 5) is 28.3. The first-order valence-corrected chi connectivity index (χ1v) is 9.70. The van der Waals surface area contributed by atoms with Gasteiger partial charge in [-0.05, 0) is 44.6 Å². The summed E-state index contributed by atoms with van der Waals surface area (Å²) in [5.41, 5.74) is 0.809. The van der Waals surface area contributed by atoms with Gasteiger partial charge in [0.05, 0.1) is 4.92 Å². The van der Waals surface area contributed by atoms with Crippen molar-refractivity contribution in [3.05, 3.63) is 34.4 Å². The second kappa shape index (κ2) is 7.64. The first-order chi connectivity index (χ1) is 12.4. The average molecular weight is 359 g/mol. The summed E-state index contributed by atoms with van der Waals surface area (Å²) < 4.78 is 0. The molecule has 1 atom stereocenters. The summed E-state index contributed by atoms with van der Waals surface area (Å²) in [6.45, 7) is 7.88. The van der Waals surface area contributed by atoms with Crippen LogP contribution in [0.5, 0.6) is 0 Å².